The Morgan fingerprint density at radius 2 is 2.24 bits per heavy atom. The van der Waals surface area contributed by atoms with Crippen LogP contribution in [0, 0.1) is 0 Å². The topological polar surface area (TPSA) is 67.6 Å². The van der Waals surface area contributed by atoms with Crippen LogP contribution in [0.25, 0.3) is 0 Å². The lowest BCUT2D eigenvalue weighted by molar-refractivity contribution is -0.119. The van der Waals surface area contributed by atoms with E-state index in [4.69, 9.17) is 10.5 Å². The molecule has 0 aliphatic rings. The van der Waals surface area contributed by atoms with Crippen molar-refractivity contribution in [2.24, 2.45) is 5.73 Å². The molecule has 6 heteroatoms. The van der Waals surface area contributed by atoms with Gasteiger partial charge in [0.1, 0.15) is 0 Å². The largest absolute Gasteiger partial charge is 0.383 e. The number of nitrogens with one attached hydrogen (secondary N) is 1. The number of thioether (sulfide) groups is 1. The van der Waals surface area contributed by atoms with E-state index in [1.807, 2.05) is 24.1 Å². The number of rotatable bonds is 9. The maximum Gasteiger partial charge on any atom is 0.239 e. The maximum absolute atomic E-state index is 11.9. The van der Waals surface area contributed by atoms with Crippen molar-refractivity contribution < 1.29 is 9.53 Å². The first kappa shape index (κ1) is 17.8. The van der Waals surface area contributed by atoms with E-state index in [0.29, 0.717) is 26.2 Å². The van der Waals surface area contributed by atoms with Gasteiger partial charge in [-0.2, -0.15) is 0 Å². The van der Waals surface area contributed by atoms with Gasteiger partial charge in [0.2, 0.25) is 5.91 Å². The molecule has 0 unspecified atom stereocenters. The van der Waals surface area contributed by atoms with Gasteiger partial charge in [0.15, 0.2) is 0 Å². The van der Waals surface area contributed by atoms with E-state index in [9.17, 15) is 4.79 Å². The highest BCUT2D eigenvalue weighted by Crippen LogP contribution is 2.29. The van der Waals surface area contributed by atoms with Crippen molar-refractivity contribution in [3.63, 3.8) is 0 Å². The molecule has 0 heterocycles. The number of nitrogens with two attached hydrogens (primary N) is 1. The van der Waals surface area contributed by atoms with Crippen LogP contribution in [-0.4, -0.2) is 45.5 Å². The van der Waals surface area contributed by atoms with E-state index >= 15 is 0 Å². The summed E-state index contributed by atoms with van der Waals surface area (Å²) in [6.07, 6.45) is 0. The van der Waals surface area contributed by atoms with E-state index < -0.39 is 0 Å². The fourth-order valence-electron chi connectivity index (χ4n) is 2.06. The Balaban J connectivity index is 2.75. The number of amides is 1. The van der Waals surface area contributed by atoms with Crippen molar-refractivity contribution in [1.82, 2.24) is 5.32 Å². The second kappa shape index (κ2) is 9.65. The molecule has 21 heavy (non-hydrogen) atoms. The van der Waals surface area contributed by atoms with E-state index in [1.165, 1.54) is 4.90 Å². The van der Waals surface area contributed by atoms with Gasteiger partial charge >= 0.3 is 0 Å². The number of nitrogens with zero attached hydrogens (tertiary/aromatic N) is 1. The Morgan fingerprint density at radius 3 is 2.86 bits per heavy atom. The summed E-state index contributed by atoms with van der Waals surface area (Å²) in [4.78, 5) is 15.0. The monoisotopic (exact) mass is 311 g/mol. The summed E-state index contributed by atoms with van der Waals surface area (Å²) in [6, 6.07) is 6.09. The van der Waals surface area contributed by atoms with Crippen molar-refractivity contribution in [3.8, 4) is 0 Å². The Morgan fingerprint density at radius 1 is 1.48 bits per heavy atom. The van der Waals surface area contributed by atoms with Gasteiger partial charge in [-0.25, -0.2) is 0 Å². The highest BCUT2D eigenvalue weighted by atomic mass is 32.2. The van der Waals surface area contributed by atoms with Crippen LogP contribution in [0.15, 0.2) is 23.1 Å². The number of ether oxygens (including phenoxy) is 1. The number of benzene rings is 1. The standard InChI is InChI=1S/C15H25N3O2S/c1-4-21-14-7-5-6-13(12(14)10-16)18(2)11-15(19)17-8-9-20-3/h5-7H,4,8-11,16H2,1-3H3,(H,17,19). The highest BCUT2D eigenvalue weighted by Gasteiger charge is 2.13. The van der Waals surface area contributed by atoms with Gasteiger partial charge in [-0.3, -0.25) is 4.79 Å². The Kier molecular flexibility index (Phi) is 8.19. The van der Waals surface area contributed by atoms with Gasteiger partial charge in [0.05, 0.1) is 13.2 Å². The lowest BCUT2D eigenvalue weighted by atomic mass is 10.1. The third kappa shape index (κ3) is 5.57. The molecule has 1 aromatic carbocycles. The number of carbonyl (C=O) groups excluding carboxylic acids is 1. The predicted octanol–water partition coefficient (Wildman–Crippen LogP) is 1.46. The zero-order valence-corrected chi connectivity index (χ0v) is 13.8. The van der Waals surface area contributed by atoms with Crippen molar-refractivity contribution >= 4 is 23.4 Å². The molecule has 0 bridgehead atoms. The Labute approximate surface area is 131 Å². The number of carbonyl (C=O) groups is 1. The predicted molar refractivity (Wildman–Crippen MR) is 88.9 cm³/mol. The molecule has 0 saturated heterocycles. The van der Waals surface area contributed by atoms with Gasteiger partial charge in [0, 0.05) is 43.4 Å². The molecule has 0 atom stereocenters. The summed E-state index contributed by atoms with van der Waals surface area (Å²) in [5.74, 6) is 0.976. The van der Waals surface area contributed by atoms with E-state index in [0.717, 1.165) is 17.0 Å². The molecule has 3 N–H and O–H groups in total. The van der Waals surface area contributed by atoms with E-state index in [2.05, 4.69) is 18.3 Å². The van der Waals surface area contributed by atoms with Crippen LogP contribution < -0.4 is 16.0 Å². The van der Waals surface area contributed by atoms with Crippen molar-refractivity contribution in [2.75, 3.05) is 44.5 Å². The average molecular weight is 311 g/mol. The molecule has 0 aromatic heterocycles. The number of anilines is 1. The molecule has 0 aliphatic heterocycles. The van der Waals surface area contributed by atoms with Crippen LogP contribution in [0.2, 0.25) is 0 Å². The summed E-state index contributed by atoms with van der Waals surface area (Å²) in [7, 11) is 3.52. The Hall–Kier alpha value is -1.24. The SMILES string of the molecule is CCSc1cccc(N(C)CC(=O)NCCOC)c1CN. The number of hydrogen-bond donors (Lipinski definition) is 2. The summed E-state index contributed by atoms with van der Waals surface area (Å²) in [5, 5.41) is 2.82. The second-order valence-electron chi connectivity index (χ2n) is 4.59. The van der Waals surface area contributed by atoms with Gasteiger partial charge in [-0.15, -0.1) is 11.8 Å². The van der Waals surface area contributed by atoms with Gasteiger partial charge < -0.3 is 20.7 Å². The molecule has 0 spiro atoms. The summed E-state index contributed by atoms with van der Waals surface area (Å²) in [5.41, 5.74) is 8.00. The quantitative estimate of drug-likeness (QED) is 0.534. The average Bonchev–Trinajstić information content (AvgIpc) is 2.47. The smallest absolute Gasteiger partial charge is 0.239 e. The summed E-state index contributed by atoms with van der Waals surface area (Å²) >= 11 is 1.77. The zero-order valence-electron chi connectivity index (χ0n) is 13.0. The lowest BCUT2D eigenvalue weighted by Gasteiger charge is -2.23. The minimum Gasteiger partial charge on any atom is -0.383 e. The van der Waals surface area contributed by atoms with E-state index in [-0.39, 0.29) is 5.91 Å². The van der Waals surface area contributed by atoms with Crippen molar-refractivity contribution in [3.05, 3.63) is 23.8 Å². The molecule has 5 nitrogen and oxygen atoms in total. The fraction of sp³-hybridized carbons (Fsp3) is 0.533. The zero-order chi connectivity index (χ0) is 15.7. The van der Waals surface area contributed by atoms with Gasteiger partial charge in [0.25, 0.3) is 0 Å². The summed E-state index contributed by atoms with van der Waals surface area (Å²) < 4.78 is 4.91. The van der Waals surface area contributed by atoms with Crippen LogP contribution in [0.1, 0.15) is 12.5 Å². The van der Waals surface area contributed by atoms with Crippen LogP contribution >= 0.6 is 11.8 Å². The first-order valence-electron chi connectivity index (χ1n) is 7.05. The second-order valence-corrected chi connectivity index (χ2v) is 5.90. The first-order chi connectivity index (χ1) is 10.1. The third-order valence-electron chi connectivity index (χ3n) is 3.03. The minimum absolute atomic E-state index is 0.0222. The Bertz CT molecular complexity index is 455. The molecule has 1 rings (SSSR count). The van der Waals surface area contributed by atoms with Gasteiger partial charge in [-0.1, -0.05) is 13.0 Å². The molecule has 0 aliphatic carbocycles. The molecule has 1 amide bonds. The van der Waals surface area contributed by atoms with Crippen LogP contribution in [0.5, 0.6) is 0 Å². The van der Waals surface area contributed by atoms with Crippen LogP contribution in [0.4, 0.5) is 5.69 Å². The number of likely N-dealkylation sites (N-methyl/N-ethyl adjacent to an activating group) is 1. The number of hydrogen-bond acceptors (Lipinski definition) is 5. The van der Waals surface area contributed by atoms with E-state index in [1.54, 1.807) is 18.9 Å². The molecule has 0 saturated carbocycles. The van der Waals surface area contributed by atoms with Crippen LogP contribution in [-0.2, 0) is 16.1 Å². The molecule has 118 valence electrons. The van der Waals surface area contributed by atoms with Crippen molar-refractivity contribution in [1.29, 1.82) is 0 Å². The number of methoxy groups -OCH3 is 1. The third-order valence-corrected chi connectivity index (χ3v) is 4.01. The normalized spacial score (nSPS) is 10.5. The lowest BCUT2D eigenvalue weighted by Crippen LogP contribution is -2.37. The highest BCUT2D eigenvalue weighted by molar-refractivity contribution is 7.99. The minimum atomic E-state index is -0.0222. The first-order valence-corrected chi connectivity index (χ1v) is 8.04. The molecular formula is C15H25N3O2S. The summed E-state index contributed by atoms with van der Waals surface area (Å²) in [6.45, 7) is 3.93. The maximum atomic E-state index is 11.9. The molecular weight excluding hydrogens is 286 g/mol. The molecule has 0 radical (unpaired) electrons. The fourth-order valence-corrected chi connectivity index (χ4v) is 2.90. The van der Waals surface area contributed by atoms with Gasteiger partial charge in [-0.05, 0) is 17.9 Å². The molecule has 0 fully saturated rings. The molecule has 1 aromatic rings. The van der Waals surface area contributed by atoms with Crippen molar-refractivity contribution in [2.45, 2.75) is 18.4 Å². The van der Waals surface area contributed by atoms with Crippen LogP contribution in [0.3, 0.4) is 0 Å².